The Hall–Kier alpha value is -4.16. The van der Waals surface area contributed by atoms with Crippen LogP contribution in [0.2, 0.25) is 0 Å². The molecule has 2 atom stereocenters. The highest BCUT2D eigenvalue weighted by Crippen LogP contribution is 2.43. The number of anilines is 1. The molecule has 2 aromatic carbocycles. The first kappa shape index (κ1) is 33.7. The van der Waals surface area contributed by atoms with Crippen LogP contribution in [0.3, 0.4) is 0 Å². The Labute approximate surface area is 295 Å². The van der Waals surface area contributed by atoms with Crippen molar-refractivity contribution in [3.63, 3.8) is 0 Å². The Kier molecular flexibility index (Phi) is 10.8. The summed E-state index contributed by atoms with van der Waals surface area (Å²) in [6.07, 6.45) is 1.28. The summed E-state index contributed by atoms with van der Waals surface area (Å²) in [6.45, 7) is 0. The molecule has 18 heteroatoms. The number of nitrogens with zero attached hydrogens (tertiary/aromatic N) is 6. The zero-order chi connectivity index (χ0) is 33.6. The van der Waals surface area contributed by atoms with Gasteiger partial charge in [0.1, 0.15) is 17.1 Å². The lowest BCUT2D eigenvalue weighted by Gasteiger charge is -2.49. The lowest BCUT2D eigenvalue weighted by atomic mass is 10.0. The maximum absolute atomic E-state index is 14.2. The molecule has 1 fully saturated rings. The van der Waals surface area contributed by atoms with Crippen molar-refractivity contribution in [1.29, 1.82) is 0 Å². The van der Waals surface area contributed by atoms with Crippen LogP contribution in [0.5, 0.6) is 0 Å². The smallest absolute Gasteiger partial charge is 0.356 e. The summed E-state index contributed by atoms with van der Waals surface area (Å²) in [5, 5.41) is 17.1. The number of carbonyl (C=O) groups is 4. The number of β-lactam (4-membered cyclic amide) rings is 1. The number of aryl methyl sites for hydroxylation is 1. The van der Waals surface area contributed by atoms with E-state index in [9.17, 15) is 19.2 Å². The second-order valence-corrected chi connectivity index (χ2v) is 14.8. The van der Waals surface area contributed by atoms with Crippen molar-refractivity contribution in [1.82, 2.24) is 35.4 Å². The molecule has 4 aromatic rings. The van der Waals surface area contributed by atoms with Gasteiger partial charge >= 0.3 is 5.97 Å². The topological polar surface area (TPSA) is 161 Å². The second-order valence-electron chi connectivity index (χ2n) is 10.1. The number of halogens is 1. The van der Waals surface area contributed by atoms with Crippen molar-refractivity contribution in [2.24, 2.45) is 7.05 Å². The highest BCUT2D eigenvalue weighted by atomic mass is 35.5. The molecule has 3 amide bonds. The van der Waals surface area contributed by atoms with Crippen LogP contribution in [0.4, 0.5) is 5.13 Å². The van der Waals surface area contributed by atoms with Crippen LogP contribution >= 0.6 is 58.2 Å². The average Bonchev–Trinajstić information content (AvgIpc) is 3.75. The molecular formula is C30H25ClN8O5S4. The fourth-order valence-corrected chi connectivity index (χ4v) is 9.15. The SMILES string of the molecule is Cn1nnnc1SCC1=C(C(=O)OC(c2ccccc2)c2ccccc2)N2C(=O)C(NC(=O)/C(=C\Cl)Sc3cnc(NC=O)s3)C2SC1. The van der Waals surface area contributed by atoms with E-state index >= 15 is 0 Å². The van der Waals surface area contributed by atoms with Crippen LogP contribution in [-0.2, 0) is 31.0 Å². The van der Waals surface area contributed by atoms with Gasteiger partial charge in [-0.15, -0.1) is 16.9 Å². The highest BCUT2D eigenvalue weighted by molar-refractivity contribution is 8.05. The number of nitrogens with one attached hydrogen (secondary N) is 2. The minimum atomic E-state index is -0.914. The standard InChI is InChI=1S/C30H25ClN8O5S4/c1-38-30(35-36-37-38)46-15-19-14-45-27-22(34-25(41)20(12-31)47-21-13-32-29(48-21)33-16-40)26(42)39(27)23(19)28(43)44-24(17-8-4-2-5-9-17)18-10-6-3-7-11-18/h2-13,16,22,24,27H,14-15H2,1H3,(H,34,41)(H,32,33,40)/b20-12+. The van der Waals surface area contributed by atoms with E-state index in [2.05, 4.69) is 31.1 Å². The summed E-state index contributed by atoms with van der Waals surface area (Å²) in [5.74, 6) is -0.966. The maximum atomic E-state index is 14.2. The van der Waals surface area contributed by atoms with Gasteiger partial charge in [0, 0.05) is 24.1 Å². The number of thioether (sulfide) groups is 3. The third kappa shape index (κ3) is 7.29. The number of aromatic nitrogens is 5. The summed E-state index contributed by atoms with van der Waals surface area (Å²) in [5.41, 5.74) is 3.47. The molecular weight excluding hydrogens is 716 g/mol. The lowest BCUT2D eigenvalue weighted by molar-refractivity contribution is -0.154. The van der Waals surface area contributed by atoms with Gasteiger partial charge in [-0.1, -0.05) is 107 Å². The number of hydrogen-bond donors (Lipinski definition) is 2. The van der Waals surface area contributed by atoms with Crippen LogP contribution in [0, 0.1) is 0 Å². The molecule has 2 aliphatic heterocycles. The van der Waals surface area contributed by atoms with Gasteiger partial charge in [-0.05, 0) is 27.1 Å². The molecule has 2 unspecified atom stereocenters. The van der Waals surface area contributed by atoms with Gasteiger partial charge in [0.15, 0.2) is 11.2 Å². The summed E-state index contributed by atoms with van der Waals surface area (Å²) in [4.78, 5) is 57.5. The predicted octanol–water partition coefficient (Wildman–Crippen LogP) is 4.19. The van der Waals surface area contributed by atoms with Crippen molar-refractivity contribution in [3.8, 4) is 0 Å². The molecule has 2 aromatic heterocycles. The largest absolute Gasteiger partial charge is 0.448 e. The zero-order valence-electron chi connectivity index (χ0n) is 24.9. The fraction of sp³-hybridized carbons (Fsp3) is 0.200. The van der Waals surface area contributed by atoms with E-state index in [4.69, 9.17) is 16.3 Å². The number of fused-ring (bicyclic) bond motifs is 1. The van der Waals surface area contributed by atoms with Crippen LogP contribution < -0.4 is 10.6 Å². The molecule has 2 N–H and O–H groups in total. The van der Waals surface area contributed by atoms with Crippen LogP contribution in [0.15, 0.2) is 97.9 Å². The van der Waals surface area contributed by atoms with E-state index in [-0.39, 0.29) is 10.6 Å². The van der Waals surface area contributed by atoms with Gasteiger partial charge in [0.25, 0.3) is 11.8 Å². The van der Waals surface area contributed by atoms with Crippen molar-refractivity contribution in [2.45, 2.75) is 26.9 Å². The first-order valence-electron chi connectivity index (χ1n) is 14.2. The summed E-state index contributed by atoms with van der Waals surface area (Å²) < 4.78 is 8.34. The van der Waals surface area contributed by atoms with Gasteiger partial charge in [0.05, 0.1) is 15.3 Å². The molecule has 2 aliphatic rings. The number of thiazole rings is 1. The highest BCUT2D eigenvalue weighted by Gasteiger charge is 2.54. The fourth-order valence-electron chi connectivity index (χ4n) is 4.89. The Balaban J connectivity index is 1.24. The van der Waals surface area contributed by atoms with Gasteiger partial charge in [-0.2, -0.15) is 0 Å². The van der Waals surface area contributed by atoms with Crippen LogP contribution in [0.1, 0.15) is 17.2 Å². The molecule has 1 saturated heterocycles. The molecule has 0 aliphatic carbocycles. The monoisotopic (exact) mass is 740 g/mol. The predicted molar refractivity (Wildman–Crippen MR) is 184 cm³/mol. The third-order valence-electron chi connectivity index (χ3n) is 7.11. The van der Waals surface area contributed by atoms with Gasteiger partial charge in [-0.25, -0.2) is 14.5 Å². The van der Waals surface area contributed by atoms with Crippen LogP contribution in [0.25, 0.3) is 0 Å². The Morgan fingerprint density at radius 2 is 1.85 bits per heavy atom. The summed E-state index contributed by atoms with van der Waals surface area (Å²) in [7, 11) is 1.71. The minimum Gasteiger partial charge on any atom is -0.448 e. The van der Waals surface area contributed by atoms with E-state index in [0.29, 0.717) is 38.0 Å². The molecule has 0 spiro atoms. The molecule has 0 saturated carbocycles. The number of benzene rings is 2. The van der Waals surface area contributed by atoms with Gasteiger partial charge in [0.2, 0.25) is 11.6 Å². The minimum absolute atomic E-state index is 0.128. The van der Waals surface area contributed by atoms with Crippen molar-refractivity contribution >= 4 is 87.5 Å². The van der Waals surface area contributed by atoms with Gasteiger partial charge < -0.3 is 15.4 Å². The summed E-state index contributed by atoms with van der Waals surface area (Å²) >= 11 is 11.0. The molecule has 48 heavy (non-hydrogen) atoms. The number of ether oxygens (including phenoxy) is 1. The average molecular weight is 741 g/mol. The number of carbonyl (C=O) groups excluding carboxylic acids is 4. The van der Waals surface area contributed by atoms with E-state index in [1.54, 1.807) is 7.05 Å². The maximum Gasteiger partial charge on any atom is 0.356 e. The Morgan fingerprint density at radius 1 is 1.15 bits per heavy atom. The third-order valence-corrected chi connectivity index (χ3v) is 12.0. The first-order valence-corrected chi connectivity index (χ1v) is 18.3. The quantitative estimate of drug-likeness (QED) is 0.0663. The Bertz CT molecular complexity index is 1850. The lowest BCUT2D eigenvalue weighted by Crippen LogP contribution is -2.70. The van der Waals surface area contributed by atoms with E-state index in [1.165, 1.54) is 39.3 Å². The van der Waals surface area contributed by atoms with Crippen molar-refractivity contribution in [2.75, 3.05) is 16.8 Å². The van der Waals surface area contributed by atoms with Crippen molar-refractivity contribution < 1.29 is 23.9 Å². The molecule has 0 bridgehead atoms. The normalized spacial score (nSPS) is 17.5. The molecule has 246 valence electrons. The second kappa shape index (κ2) is 15.4. The van der Waals surface area contributed by atoms with Crippen molar-refractivity contribution in [3.05, 3.63) is 99.7 Å². The van der Waals surface area contributed by atoms with E-state index in [1.807, 2.05) is 60.7 Å². The number of hydrogen-bond acceptors (Lipinski definition) is 13. The van der Waals surface area contributed by atoms with Gasteiger partial charge in [-0.3, -0.25) is 19.3 Å². The summed E-state index contributed by atoms with van der Waals surface area (Å²) in [6, 6.07) is 17.8. The molecule has 6 rings (SSSR count). The molecule has 4 heterocycles. The Morgan fingerprint density at radius 3 is 2.48 bits per heavy atom. The number of esters is 1. The number of amides is 3. The first-order chi connectivity index (χ1) is 23.4. The number of tetrazole rings is 1. The molecule has 13 nitrogen and oxygen atoms in total. The number of rotatable bonds is 13. The zero-order valence-corrected chi connectivity index (χ0v) is 28.9. The van der Waals surface area contributed by atoms with E-state index < -0.39 is 35.3 Å². The van der Waals surface area contributed by atoms with E-state index in [0.717, 1.165) is 39.8 Å². The van der Waals surface area contributed by atoms with Crippen LogP contribution in [-0.4, -0.2) is 77.2 Å². The molecule has 0 radical (unpaired) electrons.